The number of Topliss-reactive ketones (excluding diaryl/α,β-unsaturated/α-hetero) is 1. The first-order valence-corrected chi connectivity index (χ1v) is 15.7. The van der Waals surface area contributed by atoms with Gasteiger partial charge >= 0.3 is 0 Å². The van der Waals surface area contributed by atoms with E-state index in [0.717, 1.165) is 43.2 Å². The monoisotopic (exact) mass is 627 g/mol. The van der Waals surface area contributed by atoms with Crippen LogP contribution in [0.1, 0.15) is 57.9 Å². The molecule has 3 heterocycles. The van der Waals surface area contributed by atoms with Crippen molar-refractivity contribution in [2.45, 2.75) is 37.6 Å². The number of fused-ring (bicyclic) bond motifs is 1. The molecule has 46 heavy (non-hydrogen) atoms. The van der Waals surface area contributed by atoms with E-state index in [-0.39, 0.29) is 41.4 Å². The molecule has 2 aromatic carbocycles. The number of piperazine rings is 1. The standard InChI is InChI=1S/C34H37N5O7/c40-27-19-23(22-5-2-1-3-6-22)20-28(41)25(27)21-35-11-12-37-13-15-38(16-14-37)17-18-46-29-8-4-7-24-31(29)34(45)39(33(24)44)26-9-10-30(42)36-32(26)43/h1-8,21,23,26,40H,9-20H2,(H,36,42,43). The zero-order chi connectivity index (χ0) is 32.2. The van der Waals surface area contributed by atoms with Crippen molar-refractivity contribution < 1.29 is 33.8 Å². The number of hydrogen-bond donors (Lipinski definition) is 2. The number of rotatable bonds is 10. The Bertz CT molecular complexity index is 1600. The van der Waals surface area contributed by atoms with Crippen LogP contribution in [-0.2, 0) is 14.4 Å². The highest BCUT2D eigenvalue weighted by Gasteiger charge is 2.46. The number of ether oxygens (including phenoxy) is 1. The van der Waals surface area contributed by atoms with E-state index in [0.29, 0.717) is 43.9 Å². The molecule has 2 fully saturated rings. The van der Waals surface area contributed by atoms with Crippen molar-refractivity contribution in [3.05, 3.63) is 76.6 Å². The van der Waals surface area contributed by atoms with Crippen LogP contribution in [0.3, 0.4) is 0 Å². The third-order valence-corrected chi connectivity index (χ3v) is 9.08. The van der Waals surface area contributed by atoms with Crippen molar-refractivity contribution in [1.82, 2.24) is 20.0 Å². The lowest BCUT2D eigenvalue weighted by atomic mass is 9.83. The van der Waals surface area contributed by atoms with E-state index in [2.05, 4.69) is 20.1 Å². The summed E-state index contributed by atoms with van der Waals surface area (Å²) in [5.41, 5.74) is 1.71. The second-order valence-electron chi connectivity index (χ2n) is 12.0. The molecule has 2 atom stereocenters. The Morgan fingerprint density at radius 2 is 1.63 bits per heavy atom. The minimum atomic E-state index is -1.02. The number of aliphatic hydroxyl groups is 1. The molecule has 12 nitrogen and oxygen atoms in total. The maximum absolute atomic E-state index is 13.3. The number of amides is 4. The molecule has 2 saturated heterocycles. The van der Waals surface area contributed by atoms with Gasteiger partial charge < -0.3 is 9.84 Å². The largest absolute Gasteiger partial charge is 0.511 e. The van der Waals surface area contributed by atoms with Gasteiger partial charge in [0.25, 0.3) is 11.8 Å². The average Bonchev–Trinajstić information content (AvgIpc) is 3.31. The fourth-order valence-corrected chi connectivity index (χ4v) is 6.50. The van der Waals surface area contributed by atoms with Gasteiger partial charge in [-0.3, -0.25) is 49.0 Å². The lowest BCUT2D eigenvalue weighted by Gasteiger charge is -2.34. The third-order valence-electron chi connectivity index (χ3n) is 9.08. The molecule has 0 aromatic heterocycles. The van der Waals surface area contributed by atoms with Crippen LogP contribution >= 0.6 is 0 Å². The number of piperidine rings is 1. The van der Waals surface area contributed by atoms with E-state index in [1.54, 1.807) is 18.2 Å². The van der Waals surface area contributed by atoms with E-state index in [9.17, 15) is 29.1 Å². The van der Waals surface area contributed by atoms with E-state index >= 15 is 0 Å². The number of nitrogens with one attached hydrogen (secondary N) is 1. The zero-order valence-corrected chi connectivity index (χ0v) is 25.5. The summed E-state index contributed by atoms with van der Waals surface area (Å²) in [6.45, 7) is 5.55. The molecule has 240 valence electrons. The highest BCUT2D eigenvalue weighted by atomic mass is 16.5. The van der Waals surface area contributed by atoms with Gasteiger partial charge in [-0.15, -0.1) is 0 Å². The highest BCUT2D eigenvalue weighted by Crippen LogP contribution is 2.34. The summed E-state index contributed by atoms with van der Waals surface area (Å²) in [5, 5.41) is 12.7. The molecule has 0 saturated carbocycles. The van der Waals surface area contributed by atoms with Gasteiger partial charge in [-0.1, -0.05) is 36.4 Å². The van der Waals surface area contributed by atoms with Gasteiger partial charge in [0.2, 0.25) is 11.8 Å². The molecule has 0 bridgehead atoms. The fraction of sp³-hybridized carbons (Fsp3) is 0.412. The fourth-order valence-electron chi connectivity index (χ4n) is 6.50. The lowest BCUT2D eigenvalue weighted by Crippen LogP contribution is -2.54. The number of carbonyl (C=O) groups excluding carboxylic acids is 5. The Morgan fingerprint density at radius 1 is 0.891 bits per heavy atom. The smallest absolute Gasteiger partial charge is 0.266 e. The molecule has 4 amide bonds. The van der Waals surface area contributed by atoms with Crippen LogP contribution in [-0.4, -0.2) is 114 Å². The van der Waals surface area contributed by atoms with Crippen molar-refractivity contribution in [3.8, 4) is 5.75 Å². The Kier molecular flexibility index (Phi) is 9.36. The number of allylic oxidation sites excluding steroid dienone is 2. The van der Waals surface area contributed by atoms with Gasteiger partial charge in [0.05, 0.1) is 23.2 Å². The van der Waals surface area contributed by atoms with Gasteiger partial charge in [0, 0.05) is 64.7 Å². The molecular weight excluding hydrogens is 590 g/mol. The first kappa shape index (κ1) is 31.3. The van der Waals surface area contributed by atoms with E-state index in [1.807, 2.05) is 30.3 Å². The first-order valence-electron chi connectivity index (χ1n) is 15.7. The van der Waals surface area contributed by atoms with Crippen molar-refractivity contribution in [2.24, 2.45) is 4.99 Å². The third kappa shape index (κ3) is 6.63. The molecule has 0 radical (unpaired) electrons. The minimum absolute atomic E-state index is 0.0110. The van der Waals surface area contributed by atoms with Gasteiger partial charge in [-0.25, -0.2) is 0 Å². The van der Waals surface area contributed by atoms with Crippen LogP contribution in [0.5, 0.6) is 5.75 Å². The summed E-state index contributed by atoms with van der Waals surface area (Å²) in [7, 11) is 0. The number of ketones is 1. The quantitative estimate of drug-likeness (QED) is 0.298. The Morgan fingerprint density at radius 3 is 2.35 bits per heavy atom. The topological polar surface area (TPSA) is 149 Å². The lowest BCUT2D eigenvalue weighted by molar-refractivity contribution is -0.136. The number of imide groups is 2. The average molecular weight is 628 g/mol. The maximum atomic E-state index is 13.3. The molecular formula is C34H37N5O7. The molecule has 1 aliphatic carbocycles. The summed E-state index contributed by atoms with van der Waals surface area (Å²) < 4.78 is 5.98. The van der Waals surface area contributed by atoms with Gasteiger partial charge in [0.1, 0.15) is 24.2 Å². The van der Waals surface area contributed by atoms with E-state index < -0.39 is 29.7 Å². The predicted octanol–water partition coefficient (Wildman–Crippen LogP) is 2.11. The molecule has 0 spiro atoms. The molecule has 2 aromatic rings. The number of nitrogens with zero attached hydrogens (tertiary/aromatic N) is 4. The second kappa shape index (κ2) is 13.8. The van der Waals surface area contributed by atoms with Crippen LogP contribution in [0.25, 0.3) is 0 Å². The number of aliphatic imine (C=N–C) groups is 1. The number of hydrogen-bond acceptors (Lipinski definition) is 10. The van der Waals surface area contributed by atoms with Crippen molar-refractivity contribution in [3.63, 3.8) is 0 Å². The predicted molar refractivity (Wildman–Crippen MR) is 168 cm³/mol. The molecule has 2 N–H and O–H groups in total. The zero-order valence-electron chi connectivity index (χ0n) is 25.5. The number of aliphatic hydroxyl groups excluding tert-OH is 1. The first-order chi connectivity index (χ1) is 22.3. The maximum Gasteiger partial charge on any atom is 0.266 e. The van der Waals surface area contributed by atoms with Gasteiger partial charge in [0.15, 0.2) is 5.78 Å². The van der Waals surface area contributed by atoms with E-state index in [4.69, 9.17) is 4.74 Å². The Balaban J connectivity index is 0.939. The van der Waals surface area contributed by atoms with Crippen molar-refractivity contribution in [2.75, 3.05) is 52.4 Å². The molecule has 12 heteroatoms. The number of carbonyl (C=O) groups is 5. The molecule has 2 unspecified atom stereocenters. The summed E-state index contributed by atoms with van der Waals surface area (Å²) in [4.78, 5) is 72.8. The van der Waals surface area contributed by atoms with Crippen molar-refractivity contribution in [1.29, 1.82) is 0 Å². The van der Waals surface area contributed by atoms with Crippen LogP contribution in [0, 0.1) is 0 Å². The number of benzene rings is 2. The van der Waals surface area contributed by atoms with Crippen LogP contribution in [0.15, 0.2) is 64.9 Å². The normalized spacial score (nSPS) is 23.0. The highest BCUT2D eigenvalue weighted by molar-refractivity contribution is 6.24. The Labute approximate surface area is 266 Å². The van der Waals surface area contributed by atoms with Crippen LogP contribution < -0.4 is 10.1 Å². The van der Waals surface area contributed by atoms with Crippen LogP contribution in [0.2, 0.25) is 0 Å². The minimum Gasteiger partial charge on any atom is -0.511 e. The molecule has 3 aliphatic heterocycles. The second-order valence-corrected chi connectivity index (χ2v) is 12.0. The van der Waals surface area contributed by atoms with Gasteiger partial charge in [-0.05, 0) is 30.0 Å². The summed E-state index contributed by atoms with van der Waals surface area (Å²) >= 11 is 0. The summed E-state index contributed by atoms with van der Waals surface area (Å²) in [6, 6.07) is 13.6. The molecule has 6 rings (SSSR count). The van der Waals surface area contributed by atoms with Crippen LogP contribution in [0.4, 0.5) is 0 Å². The van der Waals surface area contributed by atoms with Gasteiger partial charge in [-0.2, -0.15) is 0 Å². The summed E-state index contributed by atoms with van der Waals surface area (Å²) in [5.74, 6) is -1.90. The SMILES string of the molecule is O=C1CCC(N2C(=O)c3cccc(OCCN4CCN(CCN=CC5=C(O)CC(c6ccccc6)CC5=O)CC4)c3C2=O)C(=O)N1. The molecule has 4 aliphatic rings. The van der Waals surface area contributed by atoms with Crippen molar-refractivity contribution >= 4 is 35.6 Å². The Hall–Kier alpha value is -4.68. The van der Waals surface area contributed by atoms with E-state index in [1.165, 1.54) is 6.21 Å². The summed E-state index contributed by atoms with van der Waals surface area (Å²) in [6.07, 6.45) is 2.48.